The van der Waals surface area contributed by atoms with Crippen molar-refractivity contribution in [2.24, 2.45) is 5.92 Å². The number of rotatable bonds is 13. The van der Waals surface area contributed by atoms with Gasteiger partial charge in [-0.25, -0.2) is 4.39 Å². The quantitative estimate of drug-likeness (QED) is 0.220. The number of piperidine rings is 1. The predicted molar refractivity (Wildman–Crippen MR) is 164 cm³/mol. The highest BCUT2D eigenvalue weighted by molar-refractivity contribution is 5.52. The van der Waals surface area contributed by atoms with Crippen molar-refractivity contribution in [2.75, 3.05) is 31.5 Å². The summed E-state index contributed by atoms with van der Waals surface area (Å²) < 4.78 is 14.5. The molecule has 0 aromatic heterocycles. The number of benzene rings is 3. The molecular formula is C35H44FN3. The van der Waals surface area contributed by atoms with Crippen LogP contribution in [0.4, 0.5) is 10.1 Å². The Kier molecular flexibility index (Phi) is 10.4. The Morgan fingerprint density at radius 1 is 0.923 bits per heavy atom. The van der Waals surface area contributed by atoms with E-state index in [1.54, 1.807) is 6.07 Å². The third kappa shape index (κ3) is 7.83. The zero-order valence-corrected chi connectivity index (χ0v) is 23.6. The molecule has 3 aromatic rings. The average molecular weight is 526 g/mol. The van der Waals surface area contributed by atoms with E-state index in [0.29, 0.717) is 17.5 Å². The van der Waals surface area contributed by atoms with Crippen molar-refractivity contribution in [3.63, 3.8) is 0 Å². The molecule has 0 spiro atoms. The van der Waals surface area contributed by atoms with Crippen LogP contribution in [0.2, 0.25) is 0 Å². The van der Waals surface area contributed by atoms with E-state index in [-0.39, 0.29) is 11.7 Å². The van der Waals surface area contributed by atoms with Gasteiger partial charge in [0.1, 0.15) is 5.82 Å². The van der Waals surface area contributed by atoms with E-state index in [1.165, 1.54) is 16.7 Å². The van der Waals surface area contributed by atoms with Crippen LogP contribution in [0.1, 0.15) is 68.1 Å². The zero-order valence-electron chi connectivity index (χ0n) is 23.6. The van der Waals surface area contributed by atoms with Gasteiger partial charge in [-0.05, 0) is 86.0 Å². The Morgan fingerprint density at radius 3 is 2.13 bits per heavy atom. The average Bonchev–Trinajstić information content (AvgIpc) is 2.97. The minimum atomic E-state index is -0.212. The molecule has 0 bridgehead atoms. The molecule has 4 heteroatoms. The maximum atomic E-state index is 14.5. The van der Waals surface area contributed by atoms with Gasteiger partial charge < -0.3 is 15.5 Å². The van der Waals surface area contributed by atoms with E-state index in [9.17, 15) is 4.39 Å². The smallest absolute Gasteiger partial charge is 0.146 e. The highest BCUT2D eigenvalue weighted by Crippen LogP contribution is 2.32. The molecular weight excluding hydrogens is 481 g/mol. The van der Waals surface area contributed by atoms with Crippen LogP contribution < -0.4 is 10.6 Å². The fourth-order valence-corrected chi connectivity index (χ4v) is 5.46. The van der Waals surface area contributed by atoms with Gasteiger partial charge in [0.05, 0.1) is 5.69 Å². The molecule has 0 amide bonds. The second-order valence-electron chi connectivity index (χ2n) is 10.9. The Bertz CT molecular complexity index is 1160. The summed E-state index contributed by atoms with van der Waals surface area (Å²) in [4.78, 5) is 2.56. The molecule has 1 atom stereocenters. The number of nitrogens with zero attached hydrogens (tertiary/aromatic N) is 1. The number of anilines is 1. The maximum Gasteiger partial charge on any atom is 0.146 e. The standard InChI is InChI=1S/C35H44FN3/c1-5-26(2)27(3)38-34-25-32(17-18-33(34)36)29-19-23-39(24-20-29)22-12-21-37-28(4)35(30-13-8-6-9-14-30)31-15-10-7-11-16-31/h6-11,13-18,25-26,29,35,37-38H,3-5,12,19-24H2,1-2H3. The molecule has 206 valence electrons. The molecule has 39 heavy (non-hydrogen) atoms. The first kappa shape index (κ1) is 28.6. The SMILES string of the molecule is C=C(Nc1cc(C2CCN(CCCNC(=C)C(c3ccccc3)c3ccccc3)CC2)ccc1F)C(C)CC. The van der Waals surface area contributed by atoms with E-state index >= 15 is 0 Å². The summed E-state index contributed by atoms with van der Waals surface area (Å²) in [6, 6.07) is 26.7. The van der Waals surface area contributed by atoms with Crippen LogP contribution in [0.15, 0.2) is 103 Å². The second-order valence-corrected chi connectivity index (χ2v) is 10.9. The van der Waals surface area contributed by atoms with Gasteiger partial charge in [0.15, 0.2) is 0 Å². The summed E-state index contributed by atoms with van der Waals surface area (Å²) in [5.74, 6) is 0.706. The lowest BCUT2D eigenvalue weighted by Crippen LogP contribution is -2.35. The van der Waals surface area contributed by atoms with Crippen LogP contribution in [-0.4, -0.2) is 31.1 Å². The number of halogens is 1. The number of allylic oxidation sites excluding steroid dienone is 2. The van der Waals surface area contributed by atoms with Crippen molar-refractivity contribution in [2.45, 2.75) is 51.4 Å². The summed E-state index contributed by atoms with van der Waals surface area (Å²) in [7, 11) is 0. The minimum absolute atomic E-state index is 0.139. The van der Waals surface area contributed by atoms with Gasteiger partial charge in [0, 0.05) is 23.9 Å². The first-order valence-corrected chi connectivity index (χ1v) is 14.5. The van der Waals surface area contributed by atoms with E-state index in [1.807, 2.05) is 12.1 Å². The fourth-order valence-electron chi connectivity index (χ4n) is 5.46. The van der Waals surface area contributed by atoms with Gasteiger partial charge in [-0.1, -0.05) is 93.7 Å². The summed E-state index contributed by atoms with van der Waals surface area (Å²) in [6.45, 7) is 16.9. The van der Waals surface area contributed by atoms with E-state index in [0.717, 1.165) is 63.3 Å². The maximum absolute atomic E-state index is 14.5. The number of nitrogens with one attached hydrogen (secondary N) is 2. The summed E-state index contributed by atoms with van der Waals surface area (Å²) >= 11 is 0. The van der Waals surface area contributed by atoms with Crippen molar-refractivity contribution >= 4 is 5.69 Å². The number of hydrogen-bond acceptors (Lipinski definition) is 3. The third-order valence-electron chi connectivity index (χ3n) is 8.17. The van der Waals surface area contributed by atoms with Crippen LogP contribution in [0.25, 0.3) is 0 Å². The van der Waals surface area contributed by atoms with Crippen molar-refractivity contribution in [1.82, 2.24) is 10.2 Å². The van der Waals surface area contributed by atoms with Crippen LogP contribution >= 0.6 is 0 Å². The Morgan fingerprint density at radius 2 is 1.54 bits per heavy atom. The van der Waals surface area contributed by atoms with Crippen LogP contribution in [0, 0.1) is 11.7 Å². The molecule has 1 unspecified atom stereocenters. The van der Waals surface area contributed by atoms with Crippen LogP contribution in [0.3, 0.4) is 0 Å². The molecule has 1 heterocycles. The van der Waals surface area contributed by atoms with Crippen molar-refractivity contribution in [1.29, 1.82) is 0 Å². The first-order valence-electron chi connectivity index (χ1n) is 14.5. The van der Waals surface area contributed by atoms with Crippen molar-refractivity contribution in [3.05, 3.63) is 126 Å². The highest BCUT2D eigenvalue weighted by Gasteiger charge is 2.22. The Balaban J connectivity index is 1.24. The van der Waals surface area contributed by atoms with E-state index in [2.05, 4.69) is 103 Å². The molecule has 2 N–H and O–H groups in total. The molecule has 0 radical (unpaired) electrons. The lowest BCUT2D eigenvalue weighted by atomic mass is 9.88. The molecule has 1 aliphatic heterocycles. The van der Waals surface area contributed by atoms with Gasteiger partial charge in [-0.15, -0.1) is 0 Å². The monoisotopic (exact) mass is 525 g/mol. The molecule has 1 aliphatic rings. The first-order chi connectivity index (χ1) is 19.0. The van der Waals surface area contributed by atoms with Gasteiger partial charge >= 0.3 is 0 Å². The normalized spacial score (nSPS) is 15.2. The molecule has 1 fully saturated rings. The van der Waals surface area contributed by atoms with Crippen molar-refractivity contribution < 1.29 is 4.39 Å². The minimum Gasteiger partial charge on any atom is -0.388 e. The molecule has 3 nitrogen and oxygen atoms in total. The van der Waals surface area contributed by atoms with Crippen LogP contribution in [-0.2, 0) is 0 Å². The van der Waals surface area contributed by atoms with Gasteiger partial charge in [-0.2, -0.15) is 0 Å². The summed E-state index contributed by atoms with van der Waals surface area (Å²) in [5.41, 5.74) is 6.21. The third-order valence-corrected chi connectivity index (χ3v) is 8.17. The molecule has 4 rings (SSSR count). The van der Waals surface area contributed by atoms with E-state index in [4.69, 9.17) is 0 Å². The largest absolute Gasteiger partial charge is 0.388 e. The fraction of sp³-hybridized carbons (Fsp3) is 0.371. The van der Waals surface area contributed by atoms with Gasteiger partial charge in [0.25, 0.3) is 0 Å². The number of hydrogen-bond donors (Lipinski definition) is 2. The lowest BCUT2D eigenvalue weighted by molar-refractivity contribution is 0.210. The molecule has 0 aliphatic carbocycles. The zero-order chi connectivity index (χ0) is 27.6. The molecule has 0 saturated carbocycles. The topological polar surface area (TPSA) is 27.3 Å². The van der Waals surface area contributed by atoms with Crippen molar-refractivity contribution in [3.8, 4) is 0 Å². The summed E-state index contributed by atoms with van der Waals surface area (Å²) in [6.07, 6.45) is 4.25. The molecule has 3 aromatic carbocycles. The molecule has 1 saturated heterocycles. The number of likely N-dealkylation sites (tertiary alicyclic amines) is 1. The Labute approximate surface area is 234 Å². The van der Waals surface area contributed by atoms with Gasteiger partial charge in [-0.3, -0.25) is 0 Å². The van der Waals surface area contributed by atoms with Crippen LogP contribution in [0.5, 0.6) is 0 Å². The Hall–Kier alpha value is -3.37. The summed E-state index contributed by atoms with van der Waals surface area (Å²) in [5, 5.41) is 6.85. The van der Waals surface area contributed by atoms with E-state index < -0.39 is 0 Å². The second kappa shape index (κ2) is 14.1. The van der Waals surface area contributed by atoms with Gasteiger partial charge in [0.2, 0.25) is 0 Å². The lowest BCUT2D eigenvalue weighted by Gasteiger charge is -2.32. The highest BCUT2D eigenvalue weighted by atomic mass is 19.1. The predicted octanol–water partition coefficient (Wildman–Crippen LogP) is 8.30.